The van der Waals surface area contributed by atoms with E-state index in [1.165, 1.54) is 10.9 Å². The van der Waals surface area contributed by atoms with Gasteiger partial charge in [-0.25, -0.2) is 13.8 Å². The van der Waals surface area contributed by atoms with Gasteiger partial charge >= 0.3 is 0 Å². The third-order valence-electron chi connectivity index (χ3n) is 9.66. The van der Waals surface area contributed by atoms with Crippen molar-refractivity contribution < 1.29 is 23.4 Å². The molecule has 3 fully saturated rings. The number of nitrogens with two attached hydrogens (primary N) is 1. The molecule has 0 radical (unpaired) electrons. The number of ether oxygens (including phenoxy) is 1. The lowest BCUT2D eigenvalue weighted by Crippen LogP contribution is -2.52. The highest BCUT2D eigenvalue weighted by atomic mass is 19.3. The van der Waals surface area contributed by atoms with Crippen molar-refractivity contribution in [3.8, 4) is 11.6 Å². The number of likely N-dealkylation sites (tertiary alicyclic amines) is 1. The third kappa shape index (κ3) is 7.04. The van der Waals surface area contributed by atoms with Gasteiger partial charge in [0.25, 0.3) is 5.56 Å². The van der Waals surface area contributed by atoms with Crippen molar-refractivity contribution in [3.63, 3.8) is 0 Å². The molecule has 9 nitrogen and oxygen atoms in total. The molecule has 0 bridgehead atoms. The minimum atomic E-state index is -2.81. The molecule has 2 saturated heterocycles. The second-order valence-corrected chi connectivity index (χ2v) is 12.8. The molecule has 11 heteroatoms. The molecule has 1 amide bonds. The highest BCUT2D eigenvalue weighted by molar-refractivity contribution is 5.80. The van der Waals surface area contributed by atoms with E-state index in [1.807, 2.05) is 24.3 Å². The summed E-state index contributed by atoms with van der Waals surface area (Å²) >= 11 is 0. The summed E-state index contributed by atoms with van der Waals surface area (Å²) in [5.41, 5.74) is 6.06. The van der Waals surface area contributed by atoms with Crippen molar-refractivity contribution in [3.05, 3.63) is 82.4 Å². The number of piperidine rings is 2. The van der Waals surface area contributed by atoms with Crippen LogP contribution in [0, 0.1) is 5.92 Å². The van der Waals surface area contributed by atoms with E-state index in [1.54, 1.807) is 35.2 Å². The maximum Gasteiger partial charge on any atom is 0.280 e. The fourth-order valence-electron chi connectivity index (χ4n) is 7.06. The average molecular weight is 622 g/mol. The first-order valence-electron chi connectivity index (χ1n) is 15.9. The first-order valence-corrected chi connectivity index (χ1v) is 15.9. The van der Waals surface area contributed by atoms with E-state index in [0.29, 0.717) is 5.75 Å². The molecule has 2 aromatic carbocycles. The Morgan fingerprint density at radius 2 is 1.80 bits per heavy atom. The highest BCUT2D eigenvalue weighted by Crippen LogP contribution is 2.46. The SMILES string of the molecule is Nc1c(Oc2cccc(C3CCCCN3)c2)ncn(CC2(O)CCN(C(=O)[C@@H]3CCC(F)(F)C[C@H]3c3ccccc3)CC2)c1=O. The molecule has 2 aliphatic heterocycles. The minimum Gasteiger partial charge on any atom is -0.437 e. The number of hydrogen-bond donors (Lipinski definition) is 3. The van der Waals surface area contributed by atoms with Crippen LogP contribution in [0.3, 0.4) is 0 Å². The fourth-order valence-corrected chi connectivity index (χ4v) is 7.06. The van der Waals surface area contributed by atoms with Crippen LogP contribution in [-0.2, 0) is 11.3 Å². The molecule has 240 valence electrons. The molecule has 1 unspecified atom stereocenters. The quantitative estimate of drug-likeness (QED) is 0.339. The second-order valence-electron chi connectivity index (χ2n) is 12.8. The van der Waals surface area contributed by atoms with Gasteiger partial charge in [-0.3, -0.25) is 14.2 Å². The van der Waals surface area contributed by atoms with Crippen molar-refractivity contribution in [2.45, 2.75) is 81.4 Å². The third-order valence-corrected chi connectivity index (χ3v) is 9.66. The van der Waals surface area contributed by atoms with Crippen LogP contribution < -0.4 is 21.3 Å². The number of benzene rings is 2. The Bertz CT molecular complexity index is 1550. The van der Waals surface area contributed by atoms with Gasteiger partial charge in [-0.1, -0.05) is 48.9 Å². The monoisotopic (exact) mass is 621 g/mol. The predicted molar refractivity (Wildman–Crippen MR) is 166 cm³/mol. The zero-order valence-electron chi connectivity index (χ0n) is 25.3. The van der Waals surface area contributed by atoms with Gasteiger partial charge in [0.05, 0.1) is 12.1 Å². The number of nitrogens with zero attached hydrogens (tertiary/aromatic N) is 3. The van der Waals surface area contributed by atoms with Crippen molar-refractivity contribution >= 4 is 11.6 Å². The zero-order chi connectivity index (χ0) is 31.6. The minimum absolute atomic E-state index is 0.00318. The Morgan fingerprint density at radius 1 is 1.04 bits per heavy atom. The molecule has 3 aliphatic rings. The van der Waals surface area contributed by atoms with Crippen molar-refractivity contribution in [1.29, 1.82) is 0 Å². The molecule has 3 aromatic rings. The molecule has 1 aromatic heterocycles. The number of rotatable bonds is 7. The predicted octanol–water partition coefficient (Wildman–Crippen LogP) is 5.01. The standard InChI is InChI=1S/C34H41F2N5O4/c35-34(36)13-12-26(27(20-34)23-7-2-1-3-8-23)31(42)40-17-14-33(44,15-18-40)21-41-22-39-30(29(37)32(41)43)45-25-10-6-9-24(19-25)28-11-4-5-16-38-28/h1-3,6-10,19,22,26-28,38,44H,4-5,11-18,20-21,37H2/t26-,27+,28?/m1/s1. The van der Waals surface area contributed by atoms with Crippen LogP contribution in [0.2, 0.25) is 0 Å². The molecule has 3 atom stereocenters. The number of halogens is 2. The Kier molecular flexibility index (Phi) is 8.92. The number of anilines is 1. The number of nitrogen functional groups attached to an aromatic ring is 1. The van der Waals surface area contributed by atoms with E-state index in [0.717, 1.165) is 36.9 Å². The number of amides is 1. The molecule has 3 heterocycles. The summed E-state index contributed by atoms with van der Waals surface area (Å²) in [5.74, 6) is -3.54. The summed E-state index contributed by atoms with van der Waals surface area (Å²) < 4.78 is 36.0. The molecular formula is C34H41F2N5O4. The van der Waals surface area contributed by atoms with Crippen LogP contribution in [-0.4, -0.2) is 56.6 Å². The number of aromatic nitrogens is 2. The summed E-state index contributed by atoms with van der Waals surface area (Å²) in [6.07, 6.45) is 4.58. The second kappa shape index (κ2) is 12.9. The summed E-state index contributed by atoms with van der Waals surface area (Å²) in [7, 11) is 0. The number of hydrogen-bond acceptors (Lipinski definition) is 7. The van der Waals surface area contributed by atoms with Gasteiger partial charge in [0.15, 0.2) is 5.69 Å². The first kappa shape index (κ1) is 31.2. The summed E-state index contributed by atoms with van der Waals surface area (Å²) in [4.78, 5) is 32.8. The number of alkyl halides is 2. The van der Waals surface area contributed by atoms with Crippen LogP contribution in [0.5, 0.6) is 11.6 Å². The van der Waals surface area contributed by atoms with Crippen LogP contribution >= 0.6 is 0 Å². The highest BCUT2D eigenvalue weighted by Gasteiger charge is 2.46. The number of carbonyl (C=O) groups excluding carboxylic acids is 1. The maximum atomic E-state index is 14.4. The first-order chi connectivity index (χ1) is 21.6. The van der Waals surface area contributed by atoms with E-state index >= 15 is 0 Å². The van der Waals surface area contributed by atoms with Gasteiger partial charge < -0.3 is 25.8 Å². The molecule has 0 spiro atoms. The Morgan fingerprint density at radius 3 is 2.53 bits per heavy atom. The van der Waals surface area contributed by atoms with Crippen LogP contribution in [0.15, 0.2) is 65.7 Å². The molecule has 4 N–H and O–H groups in total. The van der Waals surface area contributed by atoms with E-state index in [2.05, 4.69) is 10.3 Å². The lowest BCUT2D eigenvalue weighted by Gasteiger charge is -2.42. The normalized spacial score (nSPS) is 24.6. The number of aliphatic hydroxyl groups is 1. The van der Waals surface area contributed by atoms with Crippen LogP contribution in [0.4, 0.5) is 14.5 Å². The smallest absolute Gasteiger partial charge is 0.280 e. The molecule has 6 rings (SSSR count). The van der Waals surface area contributed by atoms with Crippen molar-refractivity contribution in [2.24, 2.45) is 5.92 Å². The lowest BCUT2D eigenvalue weighted by atomic mass is 9.73. The Balaban J connectivity index is 1.09. The van der Waals surface area contributed by atoms with Crippen molar-refractivity contribution in [2.75, 3.05) is 25.4 Å². The zero-order valence-corrected chi connectivity index (χ0v) is 25.3. The van der Waals surface area contributed by atoms with Crippen LogP contribution in [0.1, 0.15) is 74.5 Å². The van der Waals surface area contributed by atoms with E-state index in [9.17, 15) is 23.5 Å². The van der Waals surface area contributed by atoms with Gasteiger partial charge in [-0.05, 0) is 61.9 Å². The van der Waals surface area contributed by atoms with Crippen molar-refractivity contribution in [1.82, 2.24) is 19.8 Å². The van der Waals surface area contributed by atoms with E-state index in [-0.39, 0.29) is 75.3 Å². The molecule has 45 heavy (non-hydrogen) atoms. The summed E-state index contributed by atoms with van der Waals surface area (Å²) in [6, 6.07) is 17.0. The lowest BCUT2D eigenvalue weighted by molar-refractivity contribution is -0.145. The summed E-state index contributed by atoms with van der Waals surface area (Å²) in [6.45, 7) is 1.44. The van der Waals surface area contributed by atoms with Gasteiger partial charge in [0.2, 0.25) is 17.7 Å². The largest absolute Gasteiger partial charge is 0.437 e. The Labute approximate surface area is 261 Å². The van der Waals surface area contributed by atoms with Gasteiger partial charge in [0, 0.05) is 43.8 Å². The van der Waals surface area contributed by atoms with E-state index < -0.39 is 28.9 Å². The molecule has 1 aliphatic carbocycles. The fraction of sp³-hybridized carbons (Fsp3) is 0.500. The van der Waals surface area contributed by atoms with Gasteiger partial charge in [-0.2, -0.15) is 0 Å². The number of carbonyl (C=O) groups is 1. The van der Waals surface area contributed by atoms with Gasteiger partial charge in [0.1, 0.15) is 12.1 Å². The molecular weight excluding hydrogens is 580 g/mol. The summed E-state index contributed by atoms with van der Waals surface area (Å²) in [5, 5.41) is 14.9. The Hall–Kier alpha value is -3.83. The van der Waals surface area contributed by atoms with Crippen LogP contribution in [0.25, 0.3) is 0 Å². The average Bonchev–Trinajstić information content (AvgIpc) is 3.05. The number of nitrogens with one attached hydrogen (secondary N) is 1. The van der Waals surface area contributed by atoms with Gasteiger partial charge in [-0.15, -0.1) is 0 Å². The maximum absolute atomic E-state index is 14.4. The van der Waals surface area contributed by atoms with E-state index in [4.69, 9.17) is 10.5 Å². The topological polar surface area (TPSA) is 123 Å². The molecule has 1 saturated carbocycles.